The standard InChI is InChI=1S/C18H17N3O2/c1-13-4-3-5-17(10-13)21(12-22)11-15-6-8-16(9-7-15)18-20-19-14(2)23-18/h3-10,12H,11H2,1-2H3. The zero-order valence-corrected chi connectivity index (χ0v) is 13.1. The van der Waals surface area contributed by atoms with E-state index in [0.717, 1.165) is 28.8 Å². The second kappa shape index (κ2) is 6.44. The Morgan fingerprint density at radius 2 is 1.87 bits per heavy atom. The molecule has 3 aromatic rings. The van der Waals surface area contributed by atoms with Gasteiger partial charge >= 0.3 is 0 Å². The Morgan fingerprint density at radius 3 is 2.48 bits per heavy atom. The van der Waals surface area contributed by atoms with E-state index in [4.69, 9.17) is 4.42 Å². The lowest BCUT2D eigenvalue weighted by atomic mass is 10.1. The molecule has 0 N–H and O–H groups in total. The molecule has 0 spiro atoms. The van der Waals surface area contributed by atoms with Gasteiger partial charge in [0, 0.05) is 18.2 Å². The number of benzene rings is 2. The maximum Gasteiger partial charge on any atom is 0.247 e. The van der Waals surface area contributed by atoms with Gasteiger partial charge in [-0.25, -0.2) is 0 Å². The molecule has 116 valence electrons. The van der Waals surface area contributed by atoms with E-state index >= 15 is 0 Å². The average Bonchev–Trinajstić information content (AvgIpc) is 2.99. The lowest BCUT2D eigenvalue weighted by Gasteiger charge is -2.18. The summed E-state index contributed by atoms with van der Waals surface area (Å²) in [5.41, 5.74) is 3.90. The maximum atomic E-state index is 11.4. The Morgan fingerprint density at radius 1 is 1.09 bits per heavy atom. The van der Waals surface area contributed by atoms with E-state index in [2.05, 4.69) is 10.2 Å². The minimum atomic E-state index is 0.500. The first-order valence-corrected chi connectivity index (χ1v) is 7.34. The van der Waals surface area contributed by atoms with Crippen molar-refractivity contribution in [2.75, 3.05) is 4.90 Å². The van der Waals surface area contributed by atoms with Gasteiger partial charge < -0.3 is 9.32 Å². The van der Waals surface area contributed by atoms with Crippen molar-refractivity contribution in [1.29, 1.82) is 0 Å². The monoisotopic (exact) mass is 307 g/mol. The van der Waals surface area contributed by atoms with Crippen molar-refractivity contribution in [3.8, 4) is 11.5 Å². The summed E-state index contributed by atoms with van der Waals surface area (Å²) >= 11 is 0. The molecule has 0 saturated carbocycles. The normalized spacial score (nSPS) is 10.5. The minimum Gasteiger partial charge on any atom is -0.421 e. The Balaban J connectivity index is 1.78. The van der Waals surface area contributed by atoms with Gasteiger partial charge in [0.05, 0.1) is 6.54 Å². The quantitative estimate of drug-likeness (QED) is 0.677. The van der Waals surface area contributed by atoms with E-state index in [9.17, 15) is 4.79 Å². The van der Waals surface area contributed by atoms with Crippen LogP contribution in [0, 0.1) is 13.8 Å². The zero-order valence-electron chi connectivity index (χ0n) is 13.1. The number of amides is 1. The van der Waals surface area contributed by atoms with Crippen molar-refractivity contribution in [2.45, 2.75) is 20.4 Å². The van der Waals surface area contributed by atoms with Gasteiger partial charge in [-0.15, -0.1) is 10.2 Å². The van der Waals surface area contributed by atoms with Gasteiger partial charge in [-0.2, -0.15) is 0 Å². The Labute approximate surface area is 134 Å². The molecule has 0 saturated heterocycles. The number of aryl methyl sites for hydroxylation is 2. The molecule has 2 aromatic carbocycles. The van der Waals surface area contributed by atoms with Crippen LogP contribution in [0.1, 0.15) is 17.0 Å². The molecule has 1 heterocycles. The minimum absolute atomic E-state index is 0.500. The number of hydrogen-bond acceptors (Lipinski definition) is 4. The molecular formula is C18H17N3O2. The third-order valence-corrected chi connectivity index (χ3v) is 3.54. The van der Waals surface area contributed by atoms with E-state index in [1.54, 1.807) is 11.8 Å². The number of hydrogen-bond donors (Lipinski definition) is 0. The van der Waals surface area contributed by atoms with Gasteiger partial charge in [0.2, 0.25) is 18.2 Å². The van der Waals surface area contributed by atoms with E-state index < -0.39 is 0 Å². The van der Waals surface area contributed by atoms with Crippen LogP contribution in [0.5, 0.6) is 0 Å². The fourth-order valence-electron chi connectivity index (χ4n) is 2.36. The molecule has 0 aliphatic carbocycles. The summed E-state index contributed by atoms with van der Waals surface area (Å²) in [6.45, 7) is 4.28. The summed E-state index contributed by atoms with van der Waals surface area (Å²) in [5, 5.41) is 7.82. The fraction of sp³-hybridized carbons (Fsp3) is 0.167. The summed E-state index contributed by atoms with van der Waals surface area (Å²) in [4.78, 5) is 13.1. The van der Waals surface area contributed by atoms with Crippen LogP contribution in [0.25, 0.3) is 11.5 Å². The van der Waals surface area contributed by atoms with Crippen LogP contribution in [0.2, 0.25) is 0 Å². The molecule has 0 fully saturated rings. The maximum absolute atomic E-state index is 11.4. The van der Waals surface area contributed by atoms with E-state index in [0.29, 0.717) is 18.3 Å². The molecule has 1 aromatic heterocycles. The van der Waals surface area contributed by atoms with Crippen LogP contribution >= 0.6 is 0 Å². The molecule has 0 radical (unpaired) electrons. The molecule has 3 rings (SSSR count). The van der Waals surface area contributed by atoms with E-state index in [1.807, 2.05) is 55.5 Å². The predicted octanol–water partition coefficient (Wildman–Crippen LogP) is 3.52. The van der Waals surface area contributed by atoms with E-state index in [1.165, 1.54) is 0 Å². The lowest BCUT2D eigenvalue weighted by Crippen LogP contribution is -2.20. The summed E-state index contributed by atoms with van der Waals surface area (Å²) in [6, 6.07) is 15.6. The van der Waals surface area contributed by atoms with Crippen molar-refractivity contribution < 1.29 is 9.21 Å². The summed E-state index contributed by atoms with van der Waals surface area (Å²) in [7, 11) is 0. The number of carbonyl (C=O) groups is 1. The fourth-order valence-corrected chi connectivity index (χ4v) is 2.36. The largest absolute Gasteiger partial charge is 0.421 e. The average molecular weight is 307 g/mol. The predicted molar refractivity (Wildman–Crippen MR) is 87.9 cm³/mol. The van der Waals surface area contributed by atoms with Crippen molar-refractivity contribution in [3.63, 3.8) is 0 Å². The van der Waals surface area contributed by atoms with Crippen LogP contribution in [0.3, 0.4) is 0 Å². The highest BCUT2D eigenvalue weighted by atomic mass is 16.4. The molecule has 0 unspecified atom stereocenters. The first-order valence-electron chi connectivity index (χ1n) is 7.34. The van der Waals surface area contributed by atoms with Gasteiger partial charge in [0.25, 0.3) is 0 Å². The number of rotatable bonds is 5. The van der Waals surface area contributed by atoms with Crippen molar-refractivity contribution in [2.24, 2.45) is 0 Å². The Hall–Kier alpha value is -2.95. The number of aromatic nitrogens is 2. The van der Waals surface area contributed by atoms with Crippen molar-refractivity contribution >= 4 is 12.1 Å². The molecule has 23 heavy (non-hydrogen) atoms. The molecule has 5 heteroatoms. The van der Waals surface area contributed by atoms with Crippen LogP contribution in [0.15, 0.2) is 52.9 Å². The lowest BCUT2D eigenvalue weighted by molar-refractivity contribution is -0.107. The number of carbonyl (C=O) groups excluding carboxylic acids is 1. The summed E-state index contributed by atoms with van der Waals surface area (Å²) in [5.74, 6) is 1.04. The molecular weight excluding hydrogens is 290 g/mol. The Kier molecular flexibility index (Phi) is 4.19. The van der Waals surface area contributed by atoms with Crippen LogP contribution in [0.4, 0.5) is 5.69 Å². The molecule has 0 aliphatic rings. The SMILES string of the molecule is Cc1cccc(N(C=O)Cc2ccc(-c3nnc(C)o3)cc2)c1. The number of anilines is 1. The topological polar surface area (TPSA) is 59.2 Å². The highest BCUT2D eigenvalue weighted by Crippen LogP contribution is 2.21. The molecule has 1 amide bonds. The Bertz CT molecular complexity index is 809. The highest BCUT2D eigenvalue weighted by molar-refractivity contribution is 5.75. The van der Waals surface area contributed by atoms with Gasteiger partial charge in [-0.05, 0) is 42.3 Å². The third kappa shape index (κ3) is 3.45. The second-order valence-electron chi connectivity index (χ2n) is 5.40. The smallest absolute Gasteiger partial charge is 0.247 e. The summed E-state index contributed by atoms with van der Waals surface area (Å²) < 4.78 is 5.41. The molecule has 0 aliphatic heterocycles. The first-order chi connectivity index (χ1) is 11.2. The van der Waals surface area contributed by atoms with E-state index in [-0.39, 0.29) is 0 Å². The van der Waals surface area contributed by atoms with Gasteiger partial charge in [-0.1, -0.05) is 24.3 Å². The molecule has 5 nitrogen and oxygen atoms in total. The van der Waals surface area contributed by atoms with Crippen LogP contribution in [-0.2, 0) is 11.3 Å². The highest BCUT2D eigenvalue weighted by Gasteiger charge is 2.09. The summed E-state index contributed by atoms with van der Waals surface area (Å²) in [6.07, 6.45) is 0.851. The van der Waals surface area contributed by atoms with Crippen molar-refractivity contribution in [3.05, 3.63) is 65.5 Å². The first kappa shape index (κ1) is 15.0. The zero-order chi connectivity index (χ0) is 16.2. The van der Waals surface area contributed by atoms with Crippen molar-refractivity contribution in [1.82, 2.24) is 10.2 Å². The molecule has 0 atom stereocenters. The molecule has 0 bridgehead atoms. The van der Waals surface area contributed by atoms with Crippen LogP contribution in [-0.4, -0.2) is 16.6 Å². The van der Waals surface area contributed by atoms with Gasteiger partial charge in [-0.3, -0.25) is 4.79 Å². The van der Waals surface area contributed by atoms with Crippen LogP contribution < -0.4 is 4.90 Å². The third-order valence-electron chi connectivity index (χ3n) is 3.54. The second-order valence-corrected chi connectivity index (χ2v) is 5.40. The van der Waals surface area contributed by atoms with Gasteiger partial charge in [0.1, 0.15) is 0 Å². The van der Waals surface area contributed by atoms with Gasteiger partial charge in [0.15, 0.2) is 0 Å². The number of nitrogens with zero attached hydrogens (tertiary/aromatic N) is 3.